The van der Waals surface area contributed by atoms with Gasteiger partial charge in [-0.3, -0.25) is 9.59 Å². The van der Waals surface area contributed by atoms with Gasteiger partial charge in [0.2, 0.25) is 11.8 Å². The van der Waals surface area contributed by atoms with Crippen LogP contribution in [0.4, 0.5) is 5.69 Å². The van der Waals surface area contributed by atoms with Gasteiger partial charge in [0.15, 0.2) is 0 Å². The molecule has 0 aliphatic carbocycles. The predicted molar refractivity (Wildman–Crippen MR) is 93.1 cm³/mol. The number of piperidine rings is 1. The van der Waals surface area contributed by atoms with E-state index in [1.807, 2.05) is 35.0 Å². The number of carbonyl (C=O) groups is 2. The molecular formula is C18H22ClN3O2. The number of hydrogen-bond acceptors (Lipinski definition) is 3. The molecule has 128 valence electrons. The topological polar surface area (TPSA) is 52.6 Å². The lowest BCUT2D eigenvalue weighted by Gasteiger charge is -2.39. The second kappa shape index (κ2) is 5.66. The zero-order chi connectivity index (χ0) is 16.9. The highest BCUT2D eigenvalue weighted by Crippen LogP contribution is 2.40. The molecule has 4 rings (SSSR count). The Morgan fingerprint density at radius 2 is 2.08 bits per heavy atom. The molecule has 3 aliphatic heterocycles. The van der Waals surface area contributed by atoms with E-state index in [1.54, 1.807) is 0 Å². The van der Waals surface area contributed by atoms with E-state index >= 15 is 0 Å². The Morgan fingerprint density at radius 1 is 1.33 bits per heavy atom. The summed E-state index contributed by atoms with van der Waals surface area (Å²) in [6.07, 6.45) is 3.16. The number of nitrogens with zero attached hydrogens (tertiary/aromatic N) is 2. The van der Waals surface area contributed by atoms with Crippen LogP contribution in [0.25, 0.3) is 0 Å². The van der Waals surface area contributed by atoms with Crippen molar-refractivity contribution in [1.29, 1.82) is 0 Å². The largest absolute Gasteiger partial charge is 0.373 e. The number of rotatable bonds is 1. The van der Waals surface area contributed by atoms with Gasteiger partial charge in [-0.15, -0.1) is 0 Å². The van der Waals surface area contributed by atoms with Crippen LogP contribution in [0.1, 0.15) is 24.8 Å². The SMILES string of the molecule is CN1CC2(CCN(C(=O)[C@@H]3Cc4cc(Cl)ccc4N3)CC2)CC1=O. The van der Waals surface area contributed by atoms with Gasteiger partial charge < -0.3 is 15.1 Å². The van der Waals surface area contributed by atoms with E-state index < -0.39 is 0 Å². The summed E-state index contributed by atoms with van der Waals surface area (Å²) in [6, 6.07) is 5.53. The van der Waals surface area contributed by atoms with Crippen LogP contribution in [0, 0.1) is 5.41 Å². The second-order valence-corrected chi connectivity index (χ2v) is 7.89. The zero-order valence-electron chi connectivity index (χ0n) is 13.8. The first kappa shape index (κ1) is 15.8. The number of halogens is 1. The van der Waals surface area contributed by atoms with Gasteiger partial charge in [0.25, 0.3) is 0 Å². The lowest BCUT2D eigenvalue weighted by atomic mass is 9.77. The van der Waals surface area contributed by atoms with E-state index in [-0.39, 0.29) is 23.3 Å². The molecule has 2 saturated heterocycles. The molecule has 2 amide bonds. The fraction of sp³-hybridized carbons (Fsp3) is 0.556. The molecule has 3 aliphatic rings. The number of anilines is 1. The van der Waals surface area contributed by atoms with Crippen molar-refractivity contribution in [2.45, 2.75) is 31.7 Å². The summed E-state index contributed by atoms with van der Waals surface area (Å²) in [5.41, 5.74) is 2.20. The van der Waals surface area contributed by atoms with E-state index in [0.717, 1.165) is 43.7 Å². The normalized spacial score (nSPS) is 25.1. The molecule has 24 heavy (non-hydrogen) atoms. The van der Waals surface area contributed by atoms with Crippen molar-refractivity contribution >= 4 is 29.1 Å². The lowest BCUT2D eigenvalue weighted by Crippen LogP contribution is -2.49. The minimum atomic E-state index is -0.194. The van der Waals surface area contributed by atoms with Crippen molar-refractivity contribution in [1.82, 2.24) is 9.80 Å². The first-order valence-corrected chi connectivity index (χ1v) is 8.91. The molecule has 1 aromatic carbocycles. The highest BCUT2D eigenvalue weighted by atomic mass is 35.5. The van der Waals surface area contributed by atoms with Gasteiger partial charge in [0.05, 0.1) is 0 Å². The quantitative estimate of drug-likeness (QED) is 0.847. The van der Waals surface area contributed by atoms with Gasteiger partial charge in [-0.1, -0.05) is 11.6 Å². The average Bonchev–Trinajstić information content (AvgIpc) is 3.08. The van der Waals surface area contributed by atoms with E-state index in [1.165, 1.54) is 0 Å². The molecule has 1 aromatic rings. The monoisotopic (exact) mass is 347 g/mol. The second-order valence-electron chi connectivity index (χ2n) is 7.45. The summed E-state index contributed by atoms with van der Waals surface area (Å²) in [6.45, 7) is 2.32. The number of benzene rings is 1. The highest BCUT2D eigenvalue weighted by Gasteiger charge is 2.45. The van der Waals surface area contributed by atoms with Crippen molar-refractivity contribution < 1.29 is 9.59 Å². The maximum atomic E-state index is 12.8. The molecule has 3 heterocycles. The number of amides is 2. The Balaban J connectivity index is 1.38. The number of likely N-dealkylation sites (tertiary alicyclic amines) is 2. The number of carbonyl (C=O) groups excluding carboxylic acids is 2. The minimum absolute atomic E-state index is 0.0855. The minimum Gasteiger partial charge on any atom is -0.373 e. The van der Waals surface area contributed by atoms with Crippen molar-refractivity contribution in [2.24, 2.45) is 5.41 Å². The average molecular weight is 348 g/mol. The zero-order valence-corrected chi connectivity index (χ0v) is 14.6. The number of hydrogen-bond donors (Lipinski definition) is 1. The number of nitrogens with one attached hydrogen (secondary N) is 1. The Labute approximate surface area is 146 Å². The Morgan fingerprint density at radius 3 is 2.75 bits per heavy atom. The summed E-state index contributed by atoms with van der Waals surface area (Å²) in [5, 5.41) is 4.03. The third-order valence-electron chi connectivity index (χ3n) is 5.78. The van der Waals surface area contributed by atoms with E-state index in [2.05, 4.69) is 5.32 Å². The number of fused-ring (bicyclic) bond motifs is 1. The maximum absolute atomic E-state index is 12.8. The predicted octanol–water partition coefficient (Wildman–Crippen LogP) is 2.15. The van der Waals surface area contributed by atoms with E-state index in [9.17, 15) is 9.59 Å². The third kappa shape index (κ3) is 2.65. The fourth-order valence-electron chi connectivity index (χ4n) is 4.34. The smallest absolute Gasteiger partial charge is 0.245 e. The van der Waals surface area contributed by atoms with Crippen molar-refractivity contribution in [3.63, 3.8) is 0 Å². The summed E-state index contributed by atoms with van der Waals surface area (Å²) in [4.78, 5) is 28.5. The van der Waals surface area contributed by atoms with Gasteiger partial charge >= 0.3 is 0 Å². The third-order valence-corrected chi connectivity index (χ3v) is 6.01. The molecule has 1 atom stereocenters. The molecule has 0 aromatic heterocycles. The summed E-state index contributed by atoms with van der Waals surface area (Å²) < 4.78 is 0. The van der Waals surface area contributed by atoms with Crippen LogP contribution in [0.2, 0.25) is 5.02 Å². The fourth-order valence-corrected chi connectivity index (χ4v) is 4.53. The molecule has 5 nitrogen and oxygen atoms in total. The van der Waals surface area contributed by atoms with Crippen molar-refractivity contribution in [3.05, 3.63) is 28.8 Å². The van der Waals surface area contributed by atoms with Crippen LogP contribution in [0.3, 0.4) is 0 Å². The lowest BCUT2D eigenvalue weighted by molar-refractivity contribution is -0.134. The van der Waals surface area contributed by atoms with E-state index in [4.69, 9.17) is 11.6 Å². The molecule has 0 bridgehead atoms. The maximum Gasteiger partial charge on any atom is 0.245 e. The molecule has 1 N–H and O–H groups in total. The molecule has 0 unspecified atom stereocenters. The van der Waals surface area contributed by atoms with Gasteiger partial charge in [-0.2, -0.15) is 0 Å². The molecule has 0 saturated carbocycles. The summed E-state index contributed by atoms with van der Waals surface area (Å²) in [7, 11) is 1.87. The Hall–Kier alpha value is -1.75. The standard InChI is InChI=1S/C18H22ClN3O2/c1-21-11-18(10-16(21)23)4-6-22(7-5-18)17(24)15-9-12-8-13(19)2-3-14(12)20-15/h2-3,8,15,20H,4-7,9-11H2,1H3/t15-/m0/s1. The molecule has 1 spiro atoms. The van der Waals surface area contributed by atoms with Crippen LogP contribution in [-0.4, -0.2) is 54.3 Å². The molecule has 6 heteroatoms. The van der Waals surface area contributed by atoms with E-state index in [0.29, 0.717) is 17.9 Å². The van der Waals surface area contributed by atoms with Crippen LogP contribution >= 0.6 is 11.6 Å². The van der Waals surface area contributed by atoms with Crippen LogP contribution in [0.5, 0.6) is 0 Å². The van der Waals surface area contributed by atoms with Crippen molar-refractivity contribution in [3.8, 4) is 0 Å². The first-order chi connectivity index (χ1) is 11.5. The van der Waals surface area contributed by atoms with Crippen LogP contribution < -0.4 is 5.32 Å². The van der Waals surface area contributed by atoms with Gasteiger partial charge in [0.1, 0.15) is 6.04 Å². The molecule has 2 fully saturated rings. The van der Waals surface area contributed by atoms with Crippen molar-refractivity contribution in [2.75, 3.05) is 32.0 Å². The summed E-state index contributed by atoms with van der Waals surface area (Å²) >= 11 is 6.04. The molecule has 0 radical (unpaired) electrons. The summed E-state index contributed by atoms with van der Waals surface area (Å²) in [5.74, 6) is 0.398. The Bertz CT molecular complexity index is 698. The van der Waals surface area contributed by atoms with Gasteiger partial charge in [0, 0.05) is 55.6 Å². The van der Waals surface area contributed by atoms with Gasteiger partial charge in [-0.25, -0.2) is 0 Å². The molecular weight excluding hydrogens is 326 g/mol. The highest BCUT2D eigenvalue weighted by molar-refractivity contribution is 6.30. The van der Waals surface area contributed by atoms with Crippen LogP contribution in [0.15, 0.2) is 18.2 Å². The van der Waals surface area contributed by atoms with Gasteiger partial charge in [-0.05, 0) is 36.6 Å². The Kier molecular flexibility index (Phi) is 3.71. The first-order valence-electron chi connectivity index (χ1n) is 8.54. The van der Waals surface area contributed by atoms with Crippen LogP contribution in [-0.2, 0) is 16.0 Å².